The van der Waals surface area contributed by atoms with Crippen molar-refractivity contribution in [2.75, 3.05) is 0 Å². The SMILES string of the molecule is CCCCCCCCCCCC.O=C([O-])[O-]. The van der Waals surface area contributed by atoms with Gasteiger partial charge in [0.2, 0.25) is 0 Å². The van der Waals surface area contributed by atoms with Crippen LogP contribution in [-0.2, 0) is 0 Å². The normalized spacial score (nSPS) is 9.38. The Morgan fingerprint density at radius 2 is 0.875 bits per heavy atom. The van der Waals surface area contributed by atoms with Gasteiger partial charge >= 0.3 is 0 Å². The zero-order chi connectivity index (χ0) is 12.6. The first-order valence-corrected chi connectivity index (χ1v) is 6.53. The van der Waals surface area contributed by atoms with Gasteiger partial charge in [-0.2, -0.15) is 0 Å². The van der Waals surface area contributed by atoms with Gasteiger partial charge in [0.1, 0.15) is 0 Å². The van der Waals surface area contributed by atoms with E-state index in [2.05, 4.69) is 13.8 Å². The number of carbonyl (C=O) groups is 1. The van der Waals surface area contributed by atoms with Gasteiger partial charge < -0.3 is 15.0 Å². The second-order valence-electron chi connectivity index (χ2n) is 4.08. The van der Waals surface area contributed by atoms with Crippen LogP contribution in [0.4, 0.5) is 4.79 Å². The maximum Gasteiger partial charge on any atom is -0.0431 e. The van der Waals surface area contributed by atoms with E-state index in [0.717, 1.165) is 0 Å². The standard InChI is InChI=1S/C12H26.CH2O3/c1-3-5-7-9-11-12-10-8-6-4-2;2-1(3)4/h3-12H2,1-2H3;(H2,2,3,4)/p-2. The van der Waals surface area contributed by atoms with E-state index in [1.54, 1.807) is 0 Å². The van der Waals surface area contributed by atoms with E-state index in [1.807, 2.05) is 0 Å². The lowest BCUT2D eigenvalue weighted by atomic mass is 10.1. The summed E-state index contributed by atoms with van der Waals surface area (Å²) in [5, 5.41) is 16.7. The van der Waals surface area contributed by atoms with Crippen LogP contribution in [0.3, 0.4) is 0 Å². The lowest BCUT2D eigenvalue weighted by Gasteiger charge is -1.99. The third-order valence-electron chi connectivity index (χ3n) is 2.46. The summed E-state index contributed by atoms with van der Waals surface area (Å²) >= 11 is 0. The highest BCUT2D eigenvalue weighted by Crippen LogP contribution is 2.09. The van der Waals surface area contributed by atoms with Crippen LogP contribution in [-0.4, -0.2) is 6.16 Å². The summed E-state index contributed by atoms with van der Waals surface area (Å²) in [5.41, 5.74) is 0. The molecule has 0 aromatic carbocycles. The predicted octanol–water partition coefficient (Wildman–Crippen LogP) is 2.48. The van der Waals surface area contributed by atoms with Crippen LogP contribution in [0.15, 0.2) is 0 Å². The molecule has 0 N–H and O–H groups in total. The third kappa shape index (κ3) is 29.2. The molecular formula is C13H26O3-2. The number of carboxylic acid groups (broad SMARTS) is 2. The Balaban J connectivity index is 0. The molecule has 0 radical (unpaired) electrons. The second kappa shape index (κ2) is 16.7. The molecule has 0 aliphatic heterocycles. The van der Waals surface area contributed by atoms with Gasteiger partial charge in [0.05, 0.1) is 0 Å². The molecule has 0 aliphatic carbocycles. The minimum absolute atomic E-state index is 1.37. The summed E-state index contributed by atoms with van der Waals surface area (Å²) < 4.78 is 0. The minimum Gasteiger partial charge on any atom is -0.652 e. The fourth-order valence-corrected chi connectivity index (χ4v) is 1.56. The molecule has 0 atom stereocenters. The van der Waals surface area contributed by atoms with Gasteiger partial charge in [-0.3, -0.25) is 0 Å². The van der Waals surface area contributed by atoms with Gasteiger partial charge in [-0.05, 0) is 6.16 Å². The fraction of sp³-hybridized carbons (Fsp3) is 0.923. The number of rotatable bonds is 9. The Kier molecular flexibility index (Phi) is 18.4. The Labute approximate surface area is 99.9 Å². The molecule has 0 heterocycles. The summed E-state index contributed by atoms with van der Waals surface area (Å²) in [6.07, 6.45) is 12.1. The average Bonchev–Trinajstić information content (AvgIpc) is 2.21. The molecule has 0 amide bonds. The molecule has 0 fully saturated rings. The highest BCUT2D eigenvalue weighted by molar-refractivity contribution is 5.47. The Morgan fingerprint density at radius 3 is 1.06 bits per heavy atom. The van der Waals surface area contributed by atoms with Crippen LogP contribution in [0.5, 0.6) is 0 Å². The van der Waals surface area contributed by atoms with Gasteiger partial charge in [0.15, 0.2) is 0 Å². The van der Waals surface area contributed by atoms with E-state index >= 15 is 0 Å². The zero-order valence-electron chi connectivity index (χ0n) is 10.8. The Bertz CT molecular complexity index is 121. The quantitative estimate of drug-likeness (QED) is 0.572. The molecule has 0 saturated heterocycles. The zero-order valence-corrected chi connectivity index (χ0v) is 10.8. The molecule has 0 unspecified atom stereocenters. The van der Waals surface area contributed by atoms with Gasteiger partial charge in [-0.25, -0.2) is 0 Å². The van der Waals surface area contributed by atoms with Gasteiger partial charge in [-0.1, -0.05) is 78.1 Å². The molecule has 0 aliphatic rings. The van der Waals surface area contributed by atoms with Crippen LogP contribution in [0.2, 0.25) is 0 Å². The lowest BCUT2D eigenvalue weighted by Crippen LogP contribution is -2.37. The third-order valence-corrected chi connectivity index (χ3v) is 2.46. The summed E-state index contributed by atoms with van der Waals surface area (Å²) in [6.45, 7) is 4.56. The van der Waals surface area contributed by atoms with Crippen LogP contribution in [0.1, 0.15) is 78.1 Å². The maximum absolute atomic E-state index is 8.33. The number of unbranched alkanes of at least 4 members (excludes halogenated alkanes) is 9. The Morgan fingerprint density at radius 1 is 0.688 bits per heavy atom. The van der Waals surface area contributed by atoms with E-state index in [1.165, 1.54) is 64.2 Å². The van der Waals surface area contributed by atoms with E-state index in [0.29, 0.717) is 0 Å². The molecule has 3 heteroatoms. The Hall–Kier alpha value is -0.730. The smallest absolute Gasteiger partial charge is 0.0431 e. The second-order valence-corrected chi connectivity index (χ2v) is 4.08. The van der Waals surface area contributed by atoms with Crippen LogP contribution in [0.25, 0.3) is 0 Å². The van der Waals surface area contributed by atoms with Crippen molar-refractivity contribution in [2.24, 2.45) is 0 Å². The lowest BCUT2D eigenvalue weighted by molar-refractivity contribution is -0.415. The number of hydrogen-bond acceptors (Lipinski definition) is 3. The van der Waals surface area contributed by atoms with Crippen molar-refractivity contribution in [1.29, 1.82) is 0 Å². The number of carbonyl (C=O) groups excluding carboxylic acids is 1. The summed E-state index contributed by atoms with van der Waals surface area (Å²) in [4.78, 5) is 8.33. The van der Waals surface area contributed by atoms with E-state index < -0.39 is 6.16 Å². The molecule has 0 rings (SSSR count). The van der Waals surface area contributed by atoms with Crippen molar-refractivity contribution < 1.29 is 15.0 Å². The topological polar surface area (TPSA) is 63.2 Å². The van der Waals surface area contributed by atoms with Crippen LogP contribution >= 0.6 is 0 Å². The average molecular weight is 230 g/mol. The van der Waals surface area contributed by atoms with Crippen molar-refractivity contribution in [2.45, 2.75) is 78.1 Å². The molecule has 16 heavy (non-hydrogen) atoms. The van der Waals surface area contributed by atoms with Gasteiger partial charge in [0, 0.05) is 0 Å². The van der Waals surface area contributed by atoms with Crippen molar-refractivity contribution in [1.82, 2.24) is 0 Å². The van der Waals surface area contributed by atoms with E-state index in [4.69, 9.17) is 15.0 Å². The largest absolute Gasteiger partial charge is 0.652 e. The molecule has 0 spiro atoms. The molecule has 3 nitrogen and oxygen atoms in total. The minimum atomic E-state index is -2.33. The van der Waals surface area contributed by atoms with Gasteiger partial charge in [0.25, 0.3) is 0 Å². The molecule has 98 valence electrons. The molecule has 0 aromatic rings. The molecule has 0 aromatic heterocycles. The highest BCUT2D eigenvalue weighted by atomic mass is 16.6. The van der Waals surface area contributed by atoms with E-state index in [9.17, 15) is 0 Å². The summed E-state index contributed by atoms with van der Waals surface area (Å²) in [7, 11) is 0. The van der Waals surface area contributed by atoms with Gasteiger partial charge in [-0.15, -0.1) is 0 Å². The molecule has 0 saturated carbocycles. The predicted molar refractivity (Wildman–Crippen MR) is 62.9 cm³/mol. The maximum atomic E-state index is 8.33. The van der Waals surface area contributed by atoms with Crippen molar-refractivity contribution >= 4 is 6.16 Å². The summed E-state index contributed by atoms with van der Waals surface area (Å²) in [5.74, 6) is 0. The van der Waals surface area contributed by atoms with E-state index in [-0.39, 0.29) is 0 Å². The van der Waals surface area contributed by atoms with Crippen LogP contribution < -0.4 is 10.2 Å². The monoisotopic (exact) mass is 230 g/mol. The number of hydrogen-bond donors (Lipinski definition) is 0. The summed E-state index contributed by atoms with van der Waals surface area (Å²) in [6, 6.07) is 0. The molecule has 0 bridgehead atoms. The highest BCUT2D eigenvalue weighted by Gasteiger charge is 1.90. The van der Waals surface area contributed by atoms with Crippen molar-refractivity contribution in [3.8, 4) is 0 Å². The fourth-order valence-electron chi connectivity index (χ4n) is 1.56. The first-order valence-electron chi connectivity index (χ1n) is 6.53. The first kappa shape index (κ1) is 17.7. The molecular weight excluding hydrogens is 204 g/mol. The van der Waals surface area contributed by atoms with Crippen molar-refractivity contribution in [3.05, 3.63) is 0 Å². The van der Waals surface area contributed by atoms with Crippen LogP contribution in [0, 0.1) is 0 Å². The van der Waals surface area contributed by atoms with Crippen molar-refractivity contribution in [3.63, 3.8) is 0 Å². The first-order chi connectivity index (χ1) is 7.65.